The number of aromatic nitrogens is 1. The zero-order valence-electron chi connectivity index (χ0n) is 13.3. The third-order valence-electron chi connectivity index (χ3n) is 3.44. The lowest BCUT2D eigenvalue weighted by Gasteiger charge is -2.21. The van der Waals surface area contributed by atoms with Gasteiger partial charge >= 0.3 is 0 Å². The molecule has 5 nitrogen and oxygen atoms in total. The second-order valence-corrected chi connectivity index (χ2v) is 7.52. The Hall–Kier alpha value is -1.66. The molecule has 1 atom stereocenters. The largest absolute Gasteiger partial charge is 0.360 e. The van der Waals surface area contributed by atoms with Gasteiger partial charge in [-0.2, -0.15) is 0 Å². The lowest BCUT2D eigenvalue weighted by Crippen LogP contribution is -2.30. The van der Waals surface area contributed by atoms with E-state index in [-0.39, 0.29) is 10.9 Å². The Bertz CT molecular complexity index is 702. The summed E-state index contributed by atoms with van der Waals surface area (Å²) in [6.45, 7) is 7.37. The normalized spacial score (nSPS) is 13.5. The highest BCUT2D eigenvalue weighted by Crippen LogP contribution is 2.26. The van der Waals surface area contributed by atoms with Crippen molar-refractivity contribution in [3.63, 3.8) is 0 Å². The van der Waals surface area contributed by atoms with E-state index in [1.165, 1.54) is 0 Å². The lowest BCUT2D eigenvalue weighted by molar-refractivity contribution is 0.390. The fourth-order valence-corrected chi connectivity index (χ4v) is 4.08. The fraction of sp³-hybridized carbons (Fsp3) is 0.438. The number of rotatable bonds is 6. The van der Waals surface area contributed by atoms with Gasteiger partial charge in [0, 0.05) is 6.04 Å². The first kappa shape index (κ1) is 16.7. The summed E-state index contributed by atoms with van der Waals surface area (Å²) in [4.78, 5) is 0.136. The molecule has 22 heavy (non-hydrogen) atoms. The molecule has 0 spiro atoms. The Morgan fingerprint density at radius 3 is 2.32 bits per heavy atom. The van der Waals surface area contributed by atoms with Crippen LogP contribution in [0.2, 0.25) is 0 Å². The Labute approximate surface area is 131 Å². The second-order valence-electron chi connectivity index (χ2n) is 5.87. The van der Waals surface area contributed by atoms with Crippen molar-refractivity contribution in [1.82, 2.24) is 9.88 Å². The minimum atomic E-state index is -3.68. The van der Waals surface area contributed by atoms with Gasteiger partial charge in [0.05, 0.1) is 0 Å². The number of benzene rings is 1. The van der Waals surface area contributed by atoms with Crippen LogP contribution in [-0.4, -0.2) is 13.6 Å². The van der Waals surface area contributed by atoms with Crippen LogP contribution in [-0.2, 0) is 10.0 Å². The minimum Gasteiger partial charge on any atom is -0.360 e. The van der Waals surface area contributed by atoms with E-state index in [1.807, 2.05) is 30.3 Å². The van der Waals surface area contributed by atoms with Crippen molar-refractivity contribution in [2.75, 3.05) is 0 Å². The third-order valence-corrected chi connectivity index (χ3v) is 5.16. The third kappa shape index (κ3) is 3.75. The van der Waals surface area contributed by atoms with Gasteiger partial charge in [0.25, 0.3) is 0 Å². The first-order valence-corrected chi connectivity index (χ1v) is 8.79. The van der Waals surface area contributed by atoms with Crippen LogP contribution >= 0.6 is 0 Å². The Balaban J connectivity index is 2.35. The molecule has 0 amide bonds. The highest BCUT2D eigenvalue weighted by Gasteiger charge is 2.28. The van der Waals surface area contributed by atoms with Crippen LogP contribution in [0.4, 0.5) is 0 Å². The van der Waals surface area contributed by atoms with Crippen molar-refractivity contribution in [2.24, 2.45) is 5.92 Å². The average Bonchev–Trinajstić information content (AvgIpc) is 2.78. The molecule has 1 heterocycles. The predicted octanol–water partition coefficient (Wildman–Crippen LogP) is 3.36. The van der Waals surface area contributed by atoms with Crippen molar-refractivity contribution in [2.45, 2.75) is 45.1 Å². The topological polar surface area (TPSA) is 72.2 Å². The molecule has 0 aliphatic rings. The van der Waals surface area contributed by atoms with E-state index in [1.54, 1.807) is 13.8 Å². The quantitative estimate of drug-likeness (QED) is 0.885. The van der Waals surface area contributed by atoms with Gasteiger partial charge in [0.1, 0.15) is 10.6 Å². The summed E-state index contributed by atoms with van der Waals surface area (Å²) in [5.74, 6) is 0.666. The van der Waals surface area contributed by atoms with Gasteiger partial charge in [-0.25, -0.2) is 13.1 Å². The van der Waals surface area contributed by atoms with Gasteiger partial charge < -0.3 is 4.52 Å². The zero-order valence-corrected chi connectivity index (χ0v) is 14.1. The summed E-state index contributed by atoms with van der Waals surface area (Å²) in [5, 5.41) is 3.73. The average molecular weight is 322 g/mol. The molecule has 0 aliphatic carbocycles. The van der Waals surface area contributed by atoms with E-state index in [0.29, 0.717) is 23.8 Å². The summed E-state index contributed by atoms with van der Waals surface area (Å²) in [5.41, 5.74) is 1.33. The summed E-state index contributed by atoms with van der Waals surface area (Å²) in [6, 6.07) is 9.32. The van der Waals surface area contributed by atoms with Crippen LogP contribution < -0.4 is 4.72 Å². The number of hydrogen-bond donors (Lipinski definition) is 1. The molecule has 0 saturated heterocycles. The Morgan fingerprint density at radius 2 is 1.82 bits per heavy atom. The molecule has 120 valence electrons. The standard InChI is InChI=1S/C16H22N2O3S/c1-11(2)10-15(14-8-6-5-7-9-14)18-22(19,20)16-12(3)17-21-13(16)4/h5-9,11,15,18H,10H2,1-4H3/t15-/m1/s1. The molecule has 1 aromatic heterocycles. The van der Waals surface area contributed by atoms with E-state index in [0.717, 1.165) is 5.56 Å². The minimum absolute atomic E-state index is 0.136. The van der Waals surface area contributed by atoms with E-state index < -0.39 is 10.0 Å². The van der Waals surface area contributed by atoms with Gasteiger partial charge in [-0.3, -0.25) is 0 Å². The molecule has 2 rings (SSSR count). The molecule has 1 N–H and O–H groups in total. The SMILES string of the molecule is Cc1noc(C)c1S(=O)(=O)N[C@H](CC(C)C)c1ccccc1. The Morgan fingerprint density at radius 1 is 1.18 bits per heavy atom. The molecule has 0 radical (unpaired) electrons. The Kier molecular flexibility index (Phi) is 5.03. The van der Waals surface area contributed by atoms with Crippen LogP contribution in [0.15, 0.2) is 39.8 Å². The van der Waals surface area contributed by atoms with Crippen LogP contribution in [0, 0.1) is 19.8 Å². The van der Waals surface area contributed by atoms with Crippen LogP contribution in [0.3, 0.4) is 0 Å². The maximum absolute atomic E-state index is 12.7. The van der Waals surface area contributed by atoms with Crippen LogP contribution in [0.25, 0.3) is 0 Å². The number of sulfonamides is 1. The maximum Gasteiger partial charge on any atom is 0.246 e. The van der Waals surface area contributed by atoms with Crippen LogP contribution in [0.5, 0.6) is 0 Å². The molecular weight excluding hydrogens is 300 g/mol. The summed E-state index contributed by atoms with van der Waals surface area (Å²) in [6.07, 6.45) is 0.715. The number of aryl methyl sites for hydroxylation is 2. The van der Waals surface area contributed by atoms with Gasteiger partial charge in [-0.1, -0.05) is 49.3 Å². The molecule has 2 aromatic rings. The first-order chi connectivity index (χ1) is 10.3. The second kappa shape index (κ2) is 6.62. The molecular formula is C16H22N2O3S. The van der Waals surface area contributed by atoms with Gasteiger partial charge in [0.2, 0.25) is 10.0 Å². The van der Waals surface area contributed by atoms with Gasteiger partial charge in [-0.15, -0.1) is 0 Å². The lowest BCUT2D eigenvalue weighted by atomic mass is 9.98. The van der Waals surface area contributed by atoms with Crippen molar-refractivity contribution in [3.05, 3.63) is 47.3 Å². The van der Waals surface area contributed by atoms with E-state index in [2.05, 4.69) is 23.7 Å². The molecule has 0 aliphatic heterocycles. The van der Waals surface area contributed by atoms with Gasteiger partial charge in [-0.05, 0) is 31.7 Å². The zero-order chi connectivity index (χ0) is 16.3. The first-order valence-electron chi connectivity index (χ1n) is 7.31. The summed E-state index contributed by atoms with van der Waals surface area (Å²) in [7, 11) is -3.68. The van der Waals surface area contributed by atoms with Crippen molar-refractivity contribution < 1.29 is 12.9 Å². The van der Waals surface area contributed by atoms with E-state index in [4.69, 9.17) is 4.52 Å². The van der Waals surface area contributed by atoms with E-state index in [9.17, 15) is 8.42 Å². The van der Waals surface area contributed by atoms with Gasteiger partial charge in [0.15, 0.2) is 5.76 Å². The fourth-order valence-electron chi connectivity index (χ4n) is 2.51. The number of hydrogen-bond acceptors (Lipinski definition) is 4. The van der Waals surface area contributed by atoms with Crippen molar-refractivity contribution in [1.29, 1.82) is 0 Å². The highest BCUT2D eigenvalue weighted by atomic mass is 32.2. The van der Waals surface area contributed by atoms with Crippen LogP contribution in [0.1, 0.15) is 43.3 Å². The number of nitrogens with zero attached hydrogens (tertiary/aromatic N) is 1. The number of nitrogens with one attached hydrogen (secondary N) is 1. The van der Waals surface area contributed by atoms with Crippen molar-refractivity contribution >= 4 is 10.0 Å². The molecule has 0 unspecified atom stereocenters. The van der Waals surface area contributed by atoms with E-state index >= 15 is 0 Å². The molecule has 0 fully saturated rings. The molecule has 6 heteroatoms. The molecule has 0 saturated carbocycles. The molecule has 1 aromatic carbocycles. The summed E-state index contributed by atoms with van der Waals surface area (Å²) < 4.78 is 33.2. The predicted molar refractivity (Wildman–Crippen MR) is 84.9 cm³/mol. The molecule has 0 bridgehead atoms. The smallest absolute Gasteiger partial charge is 0.246 e. The maximum atomic E-state index is 12.7. The monoisotopic (exact) mass is 322 g/mol. The van der Waals surface area contributed by atoms with Crippen molar-refractivity contribution in [3.8, 4) is 0 Å². The summed E-state index contributed by atoms with van der Waals surface area (Å²) >= 11 is 0. The highest BCUT2D eigenvalue weighted by molar-refractivity contribution is 7.89.